The molecule has 2 aromatic rings. The molecule has 1 aromatic heterocycles. The summed E-state index contributed by atoms with van der Waals surface area (Å²) in [6, 6.07) is 9.44. The number of phenols is 1. The van der Waals surface area contributed by atoms with E-state index in [0.717, 1.165) is 26.6 Å². The summed E-state index contributed by atoms with van der Waals surface area (Å²) in [4.78, 5) is 6.79. The van der Waals surface area contributed by atoms with Gasteiger partial charge < -0.3 is 9.84 Å². The predicted octanol–water partition coefficient (Wildman–Crippen LogP) is 4.10. The Morgan fingerprint density at radius 3 is 2.77 bits per heavy atom. The van der Waals surface area contributed by atoms with E-state index >= 15 is 0 Å². The van der Waals surface area contributed by atoms with Crippen LogP contribution in [0.1, 0.15) is 20.9 Å². The Balaban J connectivity index is 2.18. The Morgan fingerprint density at radius 1 is 1.36 bits per heavy atom. The van der Waals surface area contributed by atoms with Gasteiger partial charge in [-0.15, -0.1) is 23.1 Å². The van der Waals surface area contributed by atoms with Gasteiger partial charge in [-0.2, -0.15) is 0 Å². The van der Waals surface area contributed by atoms with E-state index in [-0.39, 0.29) is 5.75 Å². The summed E-state index contributed by atoms with van der Waals surface area (Å²) in [6.07, 6.45) is 0. The van der Waals surface area contributed by atoms with Gasteiger partial charge in [-0.1, -0.05) is 18.2 Å². The van der Waals surface area contributed by atoms with Crippen molar-refractivity contribution in [1.82, 2.24) is 0 Å². The highest BCUT2D eigenvalue weighted by Gasteiger charge is 2.40. The molecule has 1 aromatic carbocycles. The van der Waals surface area contributed by atoms with Crippen molar-refractivity contribution in [3.05, 3.63) is 51.2 Å². The summed E-state index contributed by atoms with van der Waals surface area (Å²) in [5.41, 5.74) is 3.21. The predicted molar refractivity (Wildman–Crippen MR) is 97.6 cm³/mol. The van der Waals surface area contributed by atoms with Crippen molar-refractivity contribution >= 4 is 45.9 Å². The summed E-state index contributed by atoms with van der Waals surface area (Å²) in [5.74, 6) is 1.03. The molecular weight excluding hydrogens is 334 g/mol. The highest BCUT2D eigenvalue weighted by molar-refractivity contribution is 8.12. The van der Waals surface area contributed by atoms with E-state index in [1.165, 1.54) is 0 Å². The lowest BCUT2D eigenvalue weighted by Gasteiger charge is -2.27. The second-order valence-corrected chi connectivity index (χ2v) is 7.45. The molecule has 0 bridgehead atoms. The number of para-hydroxylation sites is 1. The molecule has 6 heteroatoms. The van der Waals surface area contributed by atoms with Gasteiger partial charge in [0.15, 0.2) is 0 Å². The second kappa shape index (κ2) is 6.02. The van der Waals surface area contributed by atoms with Crippen molar-refractivity contribution < 1.29 is 9.84 Å². The molecule has 1 atom stereocenters. The molecule has 3 nitrogen and oxygen atoms in total. The van der Waals surface area contributed by atoms with E-state index in [0.29, 0.717) is 5.05 Å². The van der Waals surface area contributed by atoms with Crippen LogP contribution in [0.4, 0.5) is 0 Å². The molecule has 1 aliphatic rings. The summed E-state index contributed by atoms with van der Waals surface area (Å²) in [5, 5.41) is 10.8. The monoisotopic (exact) mass is 349 g/mol. The molecule has 1 unspecified atom stereocenters. The van der Waals surface area contributed by atoms with Crippen LogP contribution < -0.4 is 0 Å². The van der Waals surface area contributed by atoms with Crippen LogP contribution in [0.25, 0.3) is 0 Å². The van der Waals surface area contributed by atoms with Crippen molar-refractivity contribution in [2.75, 3.05) is 12.9 Å². The Kier molecular flexibility index (Phi) is 4.25. The van der Waals surface area contributed by atoms with Crippen LogP contribution in [-0.2, 0) is 10.3 Å². The minimum absolute atomic E-state index is 0.267. The molecule has 22 heavy (non-hydrogen) atoms. The number of aromatic hydroxyl groups is 1. The molecule has 0 fully saturated rings. The van der Waals surface area contributed by atoms with Gasteiger partial charge >= 0.3 is 0 Å². The number of benzene rings is 1. The molecule has 3 rings (SSSR count). The van der Waals surface area contributed by atoms with Gasteiger partial charge in [0.05, 0.1) is 17.5 Å². The number of aryl methyl sites for hydroxylation is 1. The highest BCUT2D eigenvalue weighted by Crippen LogP contribution is 2.46. The zero-order valence-electron chi connectivity index (χ0n) is 12.2. The lowest BCUT2D eigenvalue weighted by atomic mass is 9.84. The third-order valence-electron chi connectivity index (χ3n) is 3.74. The van der Waals surface area contributed by atoms with Gasteiger partial charge in [-0.25, -0.2) is 0 Å². The largest absolute Gasteiger partial charge is 0.508 e. The zero-order valence-corrected chi connectivity index (χ0v) is 14.6. The normalized spacial score (nSPS) is 20.3. The minimum Gasteiger partial charge on any atom is -0.508 e. The van der Waals surface area contributed by atoms with Crippen LogP contribution in [0.15, 0.2) is 35.3 Å². The summed E-state index contributed by atoms with van der Waals surface area (Å²) < 4.78 is 5.18. The standard InChI is InChI=1S/C16H15NO2S3/c1-10-12(7-14(22-10)15(20)19-2)16(8-21-9-17-16)11-5-3-4-6-13(11)18/h3-7,9,18H,8H2,1-2H3. The van der Waals surface area contributed by atoms with Crippen molar-refractivity contribution in [3.63, 3.8) is 0 Å². The van der Waals surface area contributed by atoms with Crippen LogP contribution in [-0.4, -0.2) is 28.6 Å². The fraction of sp³-hybridized carbons (Fsp3) is 0.250. The first-order chi connectivity index (χ1) is 10.6. The van der Waals surface area contributed by atoms with Crippen molar-refractivity contribution in [1.29, 1.82) is 0 Å². The Labute approximate surface area is 143 Å². The molecular formula is C16H15NO2S3. The summed E-state index contributed by atoms with van der Waals surface area (Å²) >= 11 is 8.49. The second-order valence-electron chi connectivity index (χ2n) is 5.00. The van der Waals surface area contributed by atoms with Crippen LogP contribution in [0.5, 0.6) is 5.75 Å². The molecule has 0 aliphatic carbocycles. The van der Waals surface area contributed by atoms with E-state index in [2.05, 4.69) is 6.92 Å². The number of phenolic OH excluding ortho intramolecular Hbond substituents is 1. The van der Waals surface area contributed by atoms with E-state index in [1.807, 2.05) is 29.8 Å². The first kappa shape index (κ1) is 15.5. The average molecular weight is 350 g/mol. The maximum atomic E-state index is 10.3. The molecule has 0 radical (unpaired) electrons. The topological polar surface area (TPSA) is 41.8 Å². The van der Waals surface area contributed by atoms with Gasteiger partial charge in [0.25, 0.3) is 0 Å². The van der Waals surface area contributed by atoms with E-state index in [9.17, 15) is 5.11 Å². The molecule has 0 saturated heterocycles. The quantitative estimate of drug-likeness (QED) is 0.847. The Morgan fingerprint density at radius 2 is 2.14 bits per heavy atom. The van der Waals surface area contributed by atoms with Crippen LogP contribution in [0.2, 0.25) is 0 Å². The highest BCUT2D eigenvalue weighted by atomic mass is 32.2. The first-order valence-corrected chi connectivity index (χ1v) is 8.99. The molecule has 114 valence electrons. The number of methoxy groups -OCH3 is 1. The number of nitrogens with zero attached hydrogens (tertiary/aromatic N) is 1. The third kappa shape index (κ3) is 2.45. The van der Waals surface area contributed by atoms with Crippen LogP contribution in [0, 0.1) is 6.92 Å². The van der Waals surface area contributed by atoms with Gasteiger partial charge in [0.1, 0.15) is 11.3 Å². The number of hydrogen-bond donors (Lipinski definition) is 1. The lowest BCUT2D eigenvalue weighted by molar-refractivity contribution is 0.417. The third-order valence-corrected chi connectivity index (χ3v) is 6.14. The number of thioether (sulfide) groups is 1. The van der Waals surface area contributed by atoms with E-state index in [4.69, 9.17) is 21.9 Å². The maximum Gasteiger partial charge on any atom is 0.201 e. The molecule has 0 spiro atoms. The van der Waals surface area contributed by atoms with Crippen molar-refractivity contribution in [3.8, 4) is 5.75 Å². The molecule has 0 saturated carbocycles. The number of ether oxygens (including phenoxy) is 1. The van der Waals surface area contributed by atoms with E-state index < -0.39 is 5.54 Å². The number of hydrogen-bond acceptors (Lipinski definition) is 6. The van der Waals surface area contributed by atoms with Crippen LogP contribution in [0.3, 0.4) is 0 Å². The SMILES string of the molecule is COC(=S)c1cc(C2(c3ccccc3O)CSC=N2)c(C)s1. The smallest absolute Gasteiger partial charge is 0.201 e. The maximum absolute atomic E-state index is 10.3. The molecule has 0 amide bonds. The Hall–Kier alpha value is -1.37. The van der Waals surface area contributed by atoms with Crippen LogP contribution >= 0.6 is 35.3 Å². The van der Waals surface area contributed by atoms with Crippen molar-refractivity contribution in [2.24, 2.45) is 4.99 Å². The first-order valence-electron chi connectivity index (χ1n) is 6.71. The van der Waals surface area contributed by atoms with Gasteiger partial charge in [-0.3, -0.25) is 4.99 Å². The fourth-order valence-corrected chi connectivity index (χ4v) is 4.83. The fourth-order valence-electron chi connectivity index (χ4n) is 2.68. The number of thiocarbonyl (C=S) groups is 1. The zero-order chi connectivity index (χ0) is 15.7. The summed E-state index contributed by atoms with van der Waals surface area (Å²) in [6.45, 7) is 2.06. The molecule has 1 N–H and O–H groups in total. The average Bonchev–Trinajstić information content (AvgIpc) is 3.14. The minimum atomic E-state index is -0.557. The van der Waals surface area contributed by atoms with Gasteiger partial charge in [-0.05, 0) is 36.8 Å². The summed E-state index contributed by atoms with van der Waals surface area (Å²) in [7, 11) is 1.58. The van der Waals surface area contributed by atoms with Gasteiger partial charge in [0.2, 0.25) is 5.05 Å². The van der Waals surface area contributed by atoms with E-state index in [1.54, 1.807) is 36.3 Å². The number of thiophene rings is 1. The molecule has 1 aliphatic heterocycles. The number of aliphatic imine (C=N–C) groups is 1. The van der Waals surface area contributed by atoms with Gasteiger partial charge in [0, 0.05) is 16.2 Å². The lowest BCUT2D eigenvalue weighted by Crippen LogP contribution is -2.26. The number of rotatable bonds is 3. The Bertz CT molecular complexity index is 754. The molecule has 2 heterocycles. The van der Waals surface area contributed by atoms with Crippen molar-refractivity contribution in [2.45, 2.75) is 12.5 Å².